The maximum Gasteiger partial charge on any atom is 0.303 e. The van der Waals surface area contributed by atoms with Crippen molar-refractivity contribution in [2.75, 3.05) is 0 Å². The first-order valence-corrected chi connectivity index (χ1v) is 12.9. The lowest BCUT2D eigenvalue weighted by Crippen LogP contribution is -2.06. The van der Waals surface area contributed by atoms with Crippen molar-refractivity contribution in [2.24, 2.45) is 0 Å². The summed E-state index contributed by atoms with van der Waals surface area (Å²) in [5, 5.41) is 18.8. The average molecular weight is 513 g/mol. The van der Waals surface area contributed by atoms with E-state index in [1.807, 2.05) is 19.1 Å². The fourth-order valence-corrected chi connectivity index (χ4v) is 5.46. The van der Waals surface area contributed by atoms with Gasteiger partial charge in [0.15, 0.2) is 0 Å². The van der Waals surface area contributed by atoms with Crippen molar-refractivity contribution in [3.05, 3.63) is 70.3 Å². The van der Waals surface area contributed by atoms with Crippen LogP contribution in [0.2, 0.25) is 0 Å². The van der Waals surface area contributed by atoms with Crippen LogP contribution in [0.15, 0.2) is 36.4 Å². The summed E-state index contributed by atoms with van der Waals surface area (Å²) in [5.74, 6) is -1.77. The van der Waals surface area contributed by atoms with E-state index in [-0.39, 0.29) is 24.7 Å². The Hall–Kier alpha value is -4.20. The van der Waals surface area contributed by atoms with Gasteiger partial charge in [0.05, 0.1) is 11.4 Å². The molecular weight excluding hydrogens is 480 g/mol. The van der Waals surface area contributed by atoms with E-state index in [9.17, 15) is 19.8 Å². The highest BCUT2D eigenvalue weighted by molar-refractivity contribution is 5.92. The molecule has 8 bridgehead atoms. The van der Waals surface area contributed by atoms with Gasteiger partial charge in [-0.3, -0.25) is 14.6 Å². The van der Waals surface area contributed by atoms with E-state index in [2.05, 4.69) is 55.0 Å². The van der Waals surface area contributed by atoms with Crippen LogP contribution in [-0.2, 0) is 9.59 Å². The molecule has 0 aromatic carbocycles. The minimum absolute atomic E-state index is 0.00177. The van der Waals surface area contributed by atoms with Crippen molar-refractivity contribution in [3.63, 3.8) is 0 Å². The van der Waals surface area contributed by atoms with Gasteiger partial charge in [-0.2, -0.15) is 0 Å². The standard InChI is InChI=1S/C30H32N4O4/c1-15-9-20-12-25-17(3)21(5-7-29(35)36)27(33-25)14-28-22(6-8-30(37)38)18(4)26(34-28)13-24-16(2)10-19(32-24)11-23(15)31-20/h9-14,18,22,31-32H,5-8H2,1-4H3,(H,35,36)(H,37,38). The Bertz CT molecular complexity index is 1640. The number of carboxylic acid groups (broad SMARTS) is 2. The summed E-state index contributed by atoms with van der Waals surface area (Å²) in [6.07, 6.45) is 0.853. The number of H-pyrrole nitrogens is 2. The smallest absolute Gasteiger partial charge is 0.303 e. The highest BCUT2D eigenvalue weighted by Gasteiger charge is 2.30. The van der Waals surface area contributed by atoms with Gasteiger partial charge in [-0.15, -0.1) is 0 Å². The molecule has 0 saturated carbocycles. The zero-order chi connectivity index (χ0) is 27.1. The van der Waals surface area contributed by atoms with Crippen LogP contribution < -0.4 is 0 Å². The predicted octanol–water partition coefficient (Wildman–Crippen LogP) is 6.48. The lowest BCUT2D eigenvalue weighted by atomic mass is 9.87. The minimum Gasteiger partial charge on any atom is -0.481 e. The van der Waals surface area contributed by atoms with Crippen molar-refractivity contribution in [1.29, 1.82) is 0 Å². The minimum atomic E-state index is -0.863. The molecule has 5 heterocycles. The Balaban J connectivity index is 1.81. The first-order valence-electron chi connectivity index (χ1n) is 12.9. The van der Waals surface area contributed by atoms with Crippen LogP contribution in [0.5, 0.6) is 0 Å². The Labute approximate surface area is 220 Å². The monoisotopic (exact) mass is 512 g/mol. The molecule has 2 aliphatic heterocycles. The summed E-state index contributed by atoms with van der Waals surface area (Å²) >= 11 is 0. The highest BCUT2D eigenvalue weighted by atomic mass is 16.4. The molecule has 8 heteroatoms. The first kappa shape index (κ1) is 25.4. The van der Waals surface area contributed by atoms with Gasteiger partial charge in [-0.05, 0) is 92.3 Å². The maximum atomic E-state index is 11.4. The summed E-state index contributed by atoms with van der Waals surface area (Å²) < 4.78 is 0. The molecule has 0 fully saturated rings. The van der Waals surface area contributed by atoms with Crippen molar-refractivity contribution >= 4 is 45.2 Å². The highest BCUT2D eigenvalue weighted by Crippen LogP contribution is 2.41. The number of hydrogen-bond acceptors (Lipinski definition) is 4. The summed E-state index contributed by atoms with van der Waals surface area (Å²) in [7, 11) is 0. The van der Waals surface area contributed by atoms with Crippen LogP contribution in [0.4, 0.5) is 0 Å². The molecule has 0 spiro atoms. The topological polar surface area (TPSA) is 132 Å². The number of carboxylic acids is 2. The number of aromatic nitrogens is 4. The van der Waals surface area contributed by atoms with E-state index in [0.29, 0.717) is 18.5 Å². The second-order valence-electron chi connectivity index (χ2n) is 10.4. The van der Waals surface area contributed by atoms with Gasteiger partial charge < -0.3 is 20.2 Å². The van der Waals surface area contributed by atoms with Crippen LogP contribution >= 0.6 is 0 Å². The van der Waals surface area contributed by atoms with Gasteiger partial charge in [-0.25, -0.2) is 4.98 Å². The molecule has 4 N–H and O–H groups in total. The number of fused-ring (bicyclic) bond motifs is 8. The third-order valence-electron chi connectivity index (χ3n) is 7.67. The van der Waals surface area contributed by atoms with Crippen LogP contribution in [0.3, 0.4) is 0 Å². The van der Waals surface area contributed by atoms with Gasteiger partial charge in [0.1, 0.15) is 0 Å². The van der Waals surface area contributed by atoms with Crippen molar-refractivity contribution in [2.45, 2.75) is 65.2 Å². The fraction of sp³-hybridized carbons (Fsp3) is 0.333. The predicted molar refractivity (Wildman–Crippen MR) is 148 cm³/mol. The second-order valence-corrected chi connectivity index (χ2v) is 10.4. The summed E-state index contributed by atoms with van der Waals surface area (Å²) in [5.41, 5.74) is 11.0. The maximum absolute atomic E-state index is 11.4. The van der Waals surface area contributed by atoms with Crippen LogP contribution in [0.1, 0.15) is 85.3 Å². The number of rotatable bonds is 6. The Morgan fingerprint density at radius 1 is 0.789 bits per heavy atom. The molecule has 3 aromatic heterocycles. The number of aliphatic carboxylic acids is 2. The average Bonchev–Trinajstić information content (AvgIpc) is 3.53. The van der Waals surface area contributed by atoms with E-state index in [1.165, 1.54) is 0 Å². The van der Waals surface area contributed by atoms with E-state index < -0.39 is 11.9 Å². The molecule has 196 valence electrons. The number of aromatic amines is 2. The van der Waals surface area contributed by atoms with Crippen molar-refractivity contribution < 1.29 is 19.8 Å². The quantitative estimate of drug-likeness (QED) is 0.299. The van der Waals surface area contributed by atoms with Crippen LogP contribution in [0.25, 0.3) is 33.2 Å². The first-order chi connectivity index (χ1) is 18.1. The van der Waals surface area contributed by atoms with E-state index in [1.54, 1.807) is 0 Å². The molecule has 0 radical (unpaired) electrons. The molecular formula is C30H32N4O4. The summed E-state index contributed by atoms with van der Waals surface area (Å²) in [6, 6.07) is 12.2. The van der Waals surface area contributed by atoms with E-state index >= 15 is 0 Å². The van der Waals surface area contributed by atoms with Gasteiger partial charge in [-0.1, -0.05) is 6.92 Å². The SMILES string of the molecule is CC1=C(CCC(=O)O)c2cc3nc(cc4[nH]c(cc4C)cc4[nH]c(cc1n2)cc4C)C(C)C3CCC(=O)O. The second kappa shape index (κ2) is 9.93. The molecule has 2 aliphatic rings. The lowest BCUT2D eigenvalue weighted by molar-refractivity contribution is -0.138. The number of allylic oxidation sites excluding steroid dienone is 2. The number of aryl methyl sites for hydroxylation is 2. The Morgan fingerprint density at radius 3 is 2.08 bits per heavy atom. The summed E-state index contributed by atoms with van der Waals surface area (Å²) in [6.45, 7) is 8.17. The van der Waals surface area contributed by atoms with E-state index in [4.69, 9.17) is 9.97 Å². The molecule has 0 aliphatic carbocycles. The van der Waals surface area contributed by atoms with Gasteiger partial charge in [0.25, 0.3) is 0 Å². The largest absolute Gasteiger partial charge is 0.481 e. The molecule has 3 aromatic rings. The third kappa shape index (κ3) is 4.98. The van der Waals surface area contributed by atoms with Crippen molar-refractivity contribution in [1.82, 2.24) is 19.9 Å². The molecule has 0 amide bonds. The number of nitrogens with zero attached hydrogens (tertiary/aromatic N) is 2. The van der Waals surface area contributed by atoms with Gasteiger partial charge in [0, 0.05) is 58.1 Å². The normalized spacial score (nSPS) is 17.2. The van der Waals surface area contributed by atoms with Crippen molar-refractivity contribution in [3.8, 4) is 0 Å². The number of carbonyl (C=O) groups is 2. The lowest BCUT2D eigenvalue weighted by Gasteiger charge is -2.15. The zero-order valence-electron chi connectivity index (χ0n) is 22.1. The number of nitrogens with one attached hydrogen (secondary N) is 2. The number of hydrogen-bond donors (Lipinski definition) is 4. The zero-order valence-corrected chi connectivity index (χ0v) is 22.1. The fourth-order valence-electron chi connectivity index (χ4n) is 5.46. The molecule has 38 heavy (non-hydrogen) atoms. The van der Waals surface area contributed by atoms with E-state index in [0.717, 1.165) is 61.4 Å². The molecule has 5 rings (SSSR count). The molecule has 0 saturated heterocycles. The molecule has 2 atom stereocenters. The Kier molecular flexibility index (Phi) is 6.65. The van der Waals surface area contributed by atoms with Crippen LogP contribution in [0, 0.1) is 13.8 Å². The van der Waals surface area contributed by atoms with Gasteiger partial charge >= 0.3 is 11.9 Å². The van der Waals surface area contributed by atoms with Gasteiger partial charge in [0.2, 0.25) is 0 Å². The Morgan fingerprint density at radius 2 is 1.42 bits per heavy atom. The molecule has 2 unspecified atom stereocenters. The molecule has 8 nitrogen and oxygen atoms in total. The third-order valence-corrected chi connectivity index (χ3v) is 7.67. The van der Waals surface area contributed by atoms with Crippen LogP contribution in [-0.4, -0.2) is 42.1 Å². The summed E-state index contributed by atoms with van der Waals surface area (Å²) in [4.78, 5) is 39.7.